The van der Waals surface area contributed by atoms with E-state index in [0.717, 1.165) is 10.9 Å². The van der Waals surface area contributed by atoms with E-state index in [-0.39, 0.29) is 18.2 Å². The van der Waals surface area contributed by atoms with Crippen LogP contribution in [-0.4, -0.2) is 32.9 Å². The SMILES string of the molecule is CN(Cc1ccccc1O)C(=O)c1oc2ccccc2c1CSc1ncccn1. The molecule has 4 rings (SSSR count). The average molecular weight is 405 g/mol. The van der Waals surface area contributed by atoms with E-state index < -0.39 is 0 Å². The molecular weight excluding hydrogens is 386 g/mol. The predicted octanol–water partition coefficient (Wildman–Crippen LogP) is 4.49. The van der Waals surface area contributed by atoms with Gasteiger partial charge in [0.25, 0.3) is 5.91 Å². The molecule has 4 aromatic rings. The number of aromatic nitrogens is 2. The summed E-state index contributed by atoms with van der Waals surface area (Å²) in [5.41, 5.74) is 2.15. The number of nitrogens with zero attached hydrogens (tertiary/aromatic N) is 3. The molecular formula is C22H19N3O3S. The molecule has 1 N–H and O–H groups in total. The summed E-state index contributed by atoms with van der Waals surface area (Å²) in [6, 6.07) is 16.3. The minimum Gasteiger partial charge on any atom is -0.508 e. The number of amides is 1. The van der Waals surface area contributed by atoms with Crippen LogP contribution in [0.15, 0.2) is 76.6 Å². The molecule has 29 heavy (non-hydrogen) atoms. The number of furan rings is 1. The minimum absolute atomic E-state index is 0.161. The van der Waals surface area contributed by atoms with Crippen LogP contribution < -0.4 is 0 Å². The Balaban J connectivity index is 1.63. The van der Waals surface area contributed by atoms with Gasteiger partial charge in [0.15, 0.2) is 10.9 Å². The summed E-state index contributed by atoms with van der Waals surface area (Å²) in [6.45, 7) is 0.275. The van der Waals surface area contributed by atoms with Crippen LogP contribution in [0.25, 0.3) is 11.0 Å². The number of rotatable bonds is 6. The fourth-order valence-electron chi connectivity index (χ4n) is 3.06. The summed E-state index contributed by atoms with van der Waals surface area (Å²) < 4.78 is 5.93. The summed E-state index contributed by atoms with van der Waals surface area (Å²) in [6.07, 6.45) is 3.38. The van der Waals surface area contributed by atoms with Gasteiger partial charge in [-0.2, -0.15) is 0 Å². The van der Waals surface area contributed by atoms with Crippen LogP contribution in [-0.2, 0) is 12.3 Å². The molecule has 2 heterocycles. The van der Waals surface area contributed by atoms with Gasteiger partial charge >= 0.3 is 0 Å². The number of hydrogen-bond acceptors (Lipinski definition) is 6. The Hall–Kier alpha value is -3.32. The van der Waals surface area contributed by atoms with Crippen molar-refractivity contribution < 1.29 is 14.3 Å². The molecule has 0 aliphatic heterocycles. The van der Waals surface area contributed by atoms with E-state index in [0.29, 0.717) is 27.8 Å². The zero-order chi connectivity index (χ0) is 20.2. The van der Waals surface area contributed by atoms with Crippen LogP contribution in [0.3, 0.4) is 0 Å². The van der Waals surface area contributed by atoms with Gasteiger partial charge in [-0.1, -0.05) is 48.2 Å². The first-order chi connectivity index (χ1) is 14.1. The van der Waals surface area contributed by atoms with Crippen LogP contribution in [0.4, 0.5) is 0 Å². The molecule has 2 aromatic carbocycles. The highest BCUT2D eigenvalue weighted by atomic mass is 32.2. The third kappa shape index (κ3) is 4.09. The van der Waals surface area contributed by atoms with Crippen molar-refractivity contribution in [1.82, 2.24) is 14.9 Å². The lowest BCUT2D eigenvalue weighted by molar-refractivity contribution is 0.0754. The topological polar surface area (TPSA) is 79.5 Å². The molecule has 0 aliphatic carbocycles. The monoisotopic (exact) mass is 405 g/mol. The van der Waals surface area contributed by atoms with Crippen molar-refractivity contribution in [2.45, 2.75) is 17.5 Å². The van der Waals surface area contributed by atoms with Crippen molar-refractivity contribution in [2.24, 2.45) is 0 Å². The molecule has 146 valence electrons. The number of benzene rings is 2. The molecule has 0 saturated heterocycles. The van der Waals surface area contributed by atoms with E-state index >= 15 is 0 Å². The first-order valence-corrected chi connectivity index (χ1v) is 10.0. The smallest absolute Gasteiger partial charge is 0.289 e. The van der Waals surface area contributed by atoms with E-state index in [4.69, 9.17) is 4.42 Å². The first kappa shape index (κ1) is 19.0. The molecule has 6 nitrogen and oxygen atoms in total. The fraction of sp³-hybridized carbons (Fsp3) is 0.136. The highest BCUT2D eigenvalue weighted by Crippen LogP contribution is 2.32. The first-order valence-electron chi connectivity index (χ1n) is 9.06. The largest absolute Gasteiger partial charge is 0.508 e. The Morgan fingerprint density at radius 3 is 2.59 bits per heavy atom. The van der Waals surface area contributed by atoms with Crippen LogP contribution in [0.5, 0.6) is 5.75 Å². The van der Waals surface area contributed by atoms with Crippen LogP contribution >= 0.6 is 11.8 Å². The lowest BCUT2D eigenvalue weighted by Crippen LogP contribution is -2.26. The van der Waals surface area contributed by atoms with E-state index in [1.54, 1.807) is 48.6 Å². The highest BCUT2D eigenvalue weighted by Gasteiger charge is 2.24. The molecule has 0 radical (unpaired) electrons. The number of phenolic OH excluding ortho intramolecular Hbond substituents is 1. The van der Waals surface area contributed by atoms with Crippen molar-refractivity contribution in [1.29, 1.82) is 0 Å². The van der Waals surface area contributed by atoms with Crippen LogP contribution in [0.1, 0.15) is 21.7 Å². The van der Waals surface area contributed by atoms with Crippen LogP contribution in [0, 0.1) is 0 Å². The minimum atomic E-state index is -0.242. The normalized spacial score (nSPS) is 10.9. The Bertz CT molecular complexity index is 1140. The third-order valence-electron chi connectivity index (χ3n) is 4.53. The Morgan fingerprint density at radius 1 is 1.07 bits per heavy atom. The van der Waals surface area contributed by atoms with Crippen molar-refractivity contribution >= 4 is 28.6 Å². The van der Waals surface area contributed by atoms with Gasteiger partial charge in [0.2, 0.25) is 0 Å². The second-order valence-corrected chi connectivity index (χ2v) is 7.46. The summed E-state index contributed by atoms with van der Waals surface area (Å²) in [5.74, 6) is 0.724. The van der Waals surface area contributed by atoms with Gasteiger partial charge in [0.05, 0.1) is 0 Å². The van der Waals surface area contributed by atoms with Gasteiger partial charge in [0.1, 0.15) is 11.3 Å². The maximum absolute atomic E-state index is 13.2. The number of aromatic hydroxyl groups is 1. The van der Waals surface area contributed by atoms with Gasteiger partial charge < -0.3 is 14.4 Å². The number of phenols is 1. The van der Waals surface area contributed by atoms with Crippen molar-refractivity contribution in [2.75, 3.05) is 7.05 Å². The zero-order valence-electron chi connectivity index (χ0n) is 15.8. The number of carbonyl (C=O) groups is 1. The number of carbonyl (C=O) groups excluding carboxylic acids is 1. The van der Waals surface area contributed by atoms with Crippen molar-refractivity contribution in [3.63, 3.8) is 0 Å². The lowest BCUT2D eigenvalue weighted by atomic mass is 10.1. The maximum atomic E-state index is 13.2. The zero-order valence-corrected chi connectivity index (χ0v) is 16.6. The third-order valence-corrected chi connectivity index (χ3v) is 5.43. The highest BCUT2D eigenvalue weighted by molar-refractivity contribution is 7.98. The number of hydrogen-bond donors (Lipinski definition) is 1. The molecule has 2 aromatic heterocycles. The summed E-state index contributed by atoms with van der Waals surface area (Å²) in [5, 5.41) is 11.5. The summed E-state index contributed by atoms with van der Waals surface area (Å²) >= 11 is 1.45. The molecule has 0 fully saturated rings. The average Bonchev–Trinajstić information content (AvgIpc) is 3.12. The second kappa shape index (κ2) is 8.36. The van der Waals surface area contributed by atoms with Crippen molar-refractivity contribution in [3.05, 3.63) is 83.9 Å². The molecule has 0 atom stereocenters. The summed E-state index contributed by atoms with van der Waals surface area (Å²) in [4.78, 5) is 23.2. The quantitative estimate of drug-likeness (QED) is 0.376. The van der Waals surface area contributed by atoms with Gasteiger partial charge in [-0.15, -0.1) is 0 Å². The van der Waals surface area contributed by atoms with Gasteiger partial charge in [0, 0.05) is 48.3 Å². The van der Waals surface area contributed by atoms with Gasteiger partial charge in [-0.3, -0.25) is 4.79 Å². The summed E-state index contributed by atoms with van der Waals surface area (Å²) in [7, 11) is 1.69. The number of thioether (sulfide) groups is 1. The number of fused-ring (bicyclic) bond motifs is 1. The fourth-order valence-corrected chi connectivity index (χ4v) is 3.89. The standard InChI is InChI=1S/C22H19N3O3S/c1-25(13-15-7-2-4-9-18(15)26)21(27)20-17(14-29-22-23-11-6-12-24-22)16-8-3-5-10-19(16)28-20/h2-12,26H,13-14H2,1H3. The Morgan fingerprint density at radius 2 is 1.79 bits per heavy atom. The van der Waals surface area contributed by atoms with E-state index in [9.17, 15) is 9.90 Å². The maximum Gasteiger partial charge on any atom is 0.289 e. The van der Waals surface area contributed by atoms with Gasteiger partial charge in [-0.05, 0) is 18.2 Å². The van der Waals surface area contributed by atoms with E-state index in [1.807, 2.05) is 30.3 Å². The molecule has 7 heteroatoms. The molecule has 1 amide bonds. The van der Waals surface area contributed by atoms with Gasteiger partial charge in [-0.25, -0.2) is 9.97 Å². The second-order valence-electron chi connectivity index (χ2n) is 6.52. The molecule has 0 bridgehead atoms. The Kier molecular flexibility index (Phi) is 5.48. The molecule has 0 spiro atoms. The van der Waals surface area contributed by atoms with E-state index in [1.165, 1.54) is 11.8 Å². The predicted molar refractivity (Wildman–Crippen MR) is 112 cm³/mol. The lowest BCUT2D eigenvalue weighted by Gasteiger charge is -2.17. The van der Waals surface area contributed by atoms with Crippen LogP contribution in [0.2, 0.25) is 0 Å². The van der Waals surface area contributed by atoms with Crippen molar-refractivity contribution in [3.8, 4) is 5.75 Å². The Labute approximate surface area is 172 Å². The molecule has 0 saturated carbocycles. The molecule has 0 unspecified atom stereocenters. The molecule has 0 aliphatic rings. The number of para-hydroxylation sites is 2. The van der Waals surface area contributed by atoms with E-state index in [2.05, 4.69) is 9.97 Å².